The number of nitrogens with zero attached hydrogens (tertiary/aromatic N) is 2. The van der Waals surface area contributed by atoms with Crippen molar-refractivity contribution < 1.29 is 0 Å². The van der Waals surface area contributed by atoms with Crippen LogP contribution in [-0.2, 0) is 5.41 Å². The van der Waals surface area contributed by atoms with Crippen molar-refractivity contribution in [1.82, 2.24) is 0 Å². The van der Waals surface area contributed by atoms with Crippen LogP contribution >= 0.6 is 0 Å². The summed E-state index contributed by atoms with van der Waals surface area (Å²) in [5.74, 6) is 0. The van der Waals surface area contributed by atoms with Gasteiger partial charge in [-0.25, -0.2) is 0 Å². The molecule has 0 unspecified atom stereocenters. The molecule has 0 radical (unpaired) electrons. The fraction of sp³-hybridized carbons (Fsp3) is 0.193. The predicted molar refractivity (Wildman–Crippen MR) is 256 cm³/mol. The van der Waals surface area contributed by atoms with E-state index in [1.807, 2.05) is 0 Å². The third kappa shape index (κ3) is 6.52. The maximum Gasteiger partial charge on any atom is 0.0561 e. The molecule has 0 atom stereocenters. The van der Waals surface area contributed by atoms with E-state index in [0.717, 1.165) is 11.4 Å². The van der Waals surface area contributed by atoms with Crippen LogP contribution in [0.25, 0.3) is 32.3 Å². The summed E-state index contributed by atoms with van der Waals surface area (Å²) >= 11 is 0. The van der Waals surface area contributed by atoms with Crippen molar-refractivity contribution >= 4 is 66.4 Å². The van der Waals surface area contributed by atoms with E-state index in [9.17, 15) is 0 Å². The maximum absolute atomic E-state index is 2.53. The van der Waals surface area contributed by atoms with Crippen LogP contribution in [0.1, 0.15) is 69.5 Å². The van der Waals surface area contributed by atoms with Gasteiger partial charge in [0.2, 0.25) is 0 Å². The van der Waals surface area contributed by atoms with Gasteiger partial charge in [-0.15, -0.1) is 0 Å². The zero-order chi connectivity index (χ0) is 41.3. The normalized spacial score (nSPS) is 11.9. The van der Waals surface area contributed by atoms with Crippen molar-refractivity contribution in [3.8, 4) is 0 Å². The maximum atomic E-state index is 2.53. The number of rotatable bonds is 8. The summed E-state index contributed by atoms with van der Waals surface area (Å²) in [5, 5.41) is 7.58. The van der Waals surface area contributed by atoms with E-state index in [1.165, 1.54) is 111 Å². The molecule has 59 heavy (non-hydrogen) atoms. The van der Waals surface area contributed by atoms with Crippen molar-refractivity contribution in [3.63, 3.8) is 0 Å². The first-order valence-electron chi connectivity index (χ1n) is 21.0. The van der Waals surface area contributed by atoms with Crippen molar-refractivity contribution in [2.45, 2.75) is 74.7 Å². The average molecular weight is 767 g/mol. The highest BCUT2D eigenvalue weighted by molar-refractivity contribution is 6.29. The van der Waals surface area contributed by atoms with Gasteiger partial charge in [-0.05, 0) is 135 Å². The van der Waals surface area contributed by atoms with Gasteiger partial charge in [-0.2, -0.15) is 0 Å². The molecule has 0 saturated carbocycles. The second-order valence-corrected chi connectivity index (χ2v) is 17.6. The molecule has 9 aromatic carbocycles. The Morgan fingerprint density at radius 2 is 0.695 bits per heavy atom. The summed E-state index contributed by atoms with van der Waals surface area (Å²) in [7, 11) is 0. The first-order valence-corrected chi connectivity index (χ1v) is 21.0. The SMILES string of the molecule is Cc1ccc(N(c2ccc(C)cc2C)c2cc(N(c3ccc(C)cc3C)c3ccc(C)cc3C)c3ccc4cc(C(C)(C)c5ccccc5)cc5ccc2c3c54)c(C)c1. The Balaban J connectivity index is 1.44. The molecule has 292 valence electrons. The fourth-order valence-corrected chi connectivity index (χ4v) is 9.63. The van der Waals surface area contributed by atoms with E-state index in [-0.39, 0.29) is 5.41 Å². The van der Waals surface area contributed by atoms with Gasteiger partial charge in [-0.1, -0.05) is 151 Å². The minimum absolute atomic E-state index is 0.173. The summed E-state index contributed by atoms with van der Waals surface area (Å²) in [6.45, 7) is 22.5. The molecule has 0 bridgehead atoms. The van der Waals surface area contributed by atoms with Crippen molar-refractivity contribution in [2.75, 3.05) is 9.80 Å². The van der Waals surface area contributed by atoms with E-state index in [2.05, 4.69) is 225 Å². The molecule has 0 aromatic heterocycles. The molecule has 0 aliphatic carbocycles. The number of anilines is 6. The largest absolute Gasteiger partial charge is 0.309 e. The molecule has 2 nitrogen and oxygen atoms in total. The first-order chi connectivity index (χ1) is 28.3. The van der Waals surface area contributed by atoms with Crippen LogP contribution in [0, 0.1) is 55.4 Å². The van der Waals surface area contributed by atoms with Gasteiger partial charge in [-0.3, -0.25) is 0 Å². The van der Waals surface area contributed by atoms with Crippen LogP contribution in [0.3, 0.4) is 0 Å². The summed E-state index contributed by atoms with van der Waals surface area (Å²) in [5.41, 5.74) is 19.5. The molecule has 0 N–H and O–H groups in total. The van der Waals surface area contributed by atoms with Crippen LogP contribution in [-0.4, -0.2) is 0 Å². The Morgan fingerprint density at radius 1 is 0.322 bits per heavy atom. The van der Waals surface area contributed by atoms with Crippen LogP contribution in [0.5, 0.6) is 0 Å². The Labute approximate surface area is 350 Å². The topological polar surface area (TPSA) is 6.48 Å². The molecular weight excluding hydrogens is 713 g/mol. The lowest BCUT2D eigenvalue weighted by Crippen LogP contribution is -2.19. The fourth-order valence-electron chi connectivity index (χ4n) is 9.63. The molecule has 0 aliphatic heterocycles. The van der Waals surface area contributed by atoms with Crippen LogP contribution in [0.2, 0.25) is 0 Å². The van der Waals surface area contributed by atoms with Crippen molar-refractivity contribution in [1.29, 1.82) is 0 Å². The lowest BCUT2D eigenvalue weighted by molar-refractivity contribution is 0.642. The number of aryl methyl sites for hydroxylation is 8. The number of hydrogen-bond donors (Lipinski definition) is 0. The van der Waals surface area contributed by atoms with Crippen LogP contribution in [0.15, 0.2) is 146 Å². The Kier molecular flexibility index (Phi) is 9.36. The molecule has 9 aromatic rings. The van der Waals surface area contributed by atoms with Gasteiger partial charge in [0.15, 0.2) is 0 Å². The third-order valence-electron chi connectivity index (χ3n) is 12.7. The van der Waals surface area contributed by atoms with E-state index < -0.39 is 0 Å². The molecule has 9 rings (SSSR count). The van der Waals surface area contributed by atoms with Crippen LogP contribution < -0.4 is 9.80 Å². The predicted octanol–water partition coefficient (Wildman–Crippen LogP) is 16.3. The highest BCUT2D eigenvalue weighted by Crippen LogP contribution is 2.52. The zero-order valence-corrected chi connectivity index (χ0v) is 36.3. The Hall–Kier alpha value is -6.38. The standard InChI is InChI=1S/C57H54N2/c1-35-16-24-49(39(5)28-35)58(50-25-17-36(2)29-40(50)6)53-34-54(59(51-26-18-37(3)30-41(51)7)52-27-19-38(4)31-42(52)8)48-23-21-44-33-46(57(9,10)45-14-12-11-13-15-45)32-43-20-22-47(53)56(48)55(43)44/h11-34H,1-10H3. The van der Waals surface area contributed by atoms with Crippen molar-refractivity contribution in [3.05, 3.63) is 201 Å². The smallest absolute Gasteiger partial charge is 0.0561 e. The minimum atomic E-state index is -0.173. The van der Waals surface area contributed by atoms with E-state index in [0.29, 0.717) is 0 Å². The number of hydrogen-bond acceptors (Lipinski definition) is 2. The molecule has 0 saturated heterocycles. The summed E-state index contributed by atoms with van der Waals surface area (Å²) in [6.07, 6.45) is 0. The van der Waals surface area contributed by atoms with Gasteiger partial charge in [0.05, 0.1) is 11.4 Å². The molecule has 0 aliphatic rings. The summed E-state index contributed by atoms with van der Waals surface area (Å²) < 4.78 is 0. The van der Waals surface area contributed by atoms with Gasteiger partial charge in [0.25, 0.3) is 0 Å². The van der Waals surface area contributed by atoms with E-state index in [4.69, 9.17) is 0 Å². The second kappa shape index (κ2) is 14.5. The van der Waals surface area contributed by atoms with Gasteiger partial charge < -0.3 is 9.80 Å². The third-order valence-corrected chi connectivity index (χ3v) is 12.7. The van der Waals surface area contributed by atoms with Crippen molar-refractivity contribution in [2.24, 2.45) is 0 Å². The second-order valence-electron chi connectivity index (χ2n) is 17.6. The Bertz CT molecular complexity index is 2780. The van der Waals surface area contributed by atoms with E-state index >= 15 is 0 Å². The Morgan fingerprint density at radius 3 is 1.05 bits per heavy atom. The minimum Gasteiger partial charge on any atom is -0.309 e. The van der Waals surface area contributed by atoms with Crippen LogP contribution in [0.4, 0.5) is 34.1 Å². The monoisotopic (exact) mass is 766 g/mol. The first kappa shape index (κ1) is 38.2. The molecule has 0 heterocycles. The molecule has 0 amide bonds. The molecule has 0 spiro atoms. The summed E-state index contributed by atoms with van der Waals surface area (Å²) in [4.78, 5) is 5.07. The van der Waals surface area contributed by atoms with Gasteiger partial charge in [0, 0.05) is 44.3 Å². The molecular formula is C57H54N2. The zero-order valence-electron chi connectivity index (χ0n) is 36.3. The highest BCUT2D eigenvalue weighted by Gasteiger charge is 2.29. The average Bonchev–Trinajstić information content (AvgIpc) is 3.20. The van der Waals surface area contributed by atoms with Gasteiger partial charge >= 0.3 is 0 Å². The highest BCUT2D eigenvalue weighted by atomic mass is 15.2. The molecule has 0 fully saturated rings. The quantitative estimate of drug-likeness (QED) is 0.142. The summed E-state index contributed by atoms with van der Waals surface area (Å²) in [6, 6.07) is 55.3. The number of benzene rings is 9. The lowest BCUT2D eigenvalue weighted by Gasteiger charge is -2.35. The van der Waals surface area contributed by atoms with Gasteiger partial charge in [0.1, 0.15) is 0 Å². The van der Waals surface area contributed by atoms with E-state index in [1.54, 1.807) is 0 Å². The lowest BCUT2D eigenvalue weighted by atomic mass is 9.76. The molecule has 2 heteroatoms.